The van der Waals surface area contributed by atoms with Gasteiger partial charge in [0.1, 0.15) is 11.6 Å². The van der Waals surface area contributed by atoms with Crippen LogP contribution in [0.4, 0.5) is 35.5 Å². The molecular weight excluding hydrogens is 813 g/mol. The molecule has 2 aliphatic rings. The van der Waals surface area contributed by atoms with Gasteiger partial charge < -0.3 is 40.4 Å². The Balaban J connectivity index is 1.14. The largest absolute Gasteiger partial charge is 0.467 e. The molecule has 4 N–H and O–H groups in total. The fourth-order valence-electron chi connectivity index (χ4n) is 6.41. The fraction of sp³-hybridized carbons (Fsp3) is 0.500. The molecule has 0 radical (unpaired) electrons. The zero-order valence-electron chi connectivity index (χ0n) is 33.6. The lowest BCUT2D eigenvalue weighted by Gasteiger charge is -2.34. The number of nitrogens with one attached hydrogen (secondary N) is 4. The number of aromatic nitrogens is 3. The number of hydrogen-bond acceptors (Lipinski definition) is 13. The van der Waals surface area contributed by atoms with E-state index < -0.39 is 65.6 Å². The Morgan fingerprint density at radius 1 is 0.967 bits per heavy atom. The highest BCUT2D eigenvalue weighted by molar-refractivity contribution is 6.36. The predicted molar refractivity (Wildman–Crippen MR) is 213 cm³/mol. The molecule has 60 heavy (non-hydrogen) atoms. The first-order chi connectivity index (χ1) is 28.3. The summed E-state index contributed by atoms with van der Waals surface area (Å²) in [7, 11) is 1.14. The minimum atomic E-state index is -4.64. The number of anilines is 3. The van der Waals surface area contributed by atoms with Crippen molar-refractivity contribution < 1.29 is 51.4 Å². The number of hydrogen-bond donors (Lipinski definition) is 4. The number of ketones is 1. The molecule has 1 saturated heterocycles. The minimum absolute atomic E-state index is 0.0238. The lowest BCUT2D eigenvalue weighted by Crippen LogP contribution is -2.44. The van der Waals surface area contributed by atoms with Crippen molar-refractivity contribution in [1.29, 1.82) is 0 Å². The number of ether oxygens (including phenoxy) is 3. The standard InChI is InChI=1S/C40H48ClF3N8O8/c1-38(2,3)60-37(57)52-21-5-6-24(22-52)7-16-30(53)32(55)45-20-17-29(33(56)58-4)47-31(54)25-8-14-28(15-9-25)46-34-48-35(50-36(49-34)59-23-40(42,43)44)51-39(18-19-39)26-10-12-27(41)13-11-26/h8-15,24,29H,5-7,16-23H2,1-4H3,(H,45,55)(H,47,54)(H2,46,48,49,50,51)/t24?,29-/m0/s1. The Bertz CT molecular complexity index is 2010. The van der Waals surface area contributed by atoms with Gasteiger partial charge in [-0.2, -0.15) is 28.1 Å². The van der Waals surface area contributed by atoms with Crippen molar-refractivity contribution in [2.75, 3.05) is 44.0 Å². The SMILES string of the molecule is COC(=O)[C@H](CCNC(=O)C(=O)CCC1CCCN(C(=O)OC(C)(C)C)C1)NC(=O)c1ccc(Nc2nc(NC3(c4ccc(Cl)cc4)CC3)nc(OCC(F)(F)F)n2)cc1. The molecule has 324 valence electrons. The highest BCUT2D eigenvalue weighted by Gasteiger charge is 2.45. The van der Waals surface area contributed by atoms with Gasteiger partial charge in [-0.3, -0.25) is 14.4 Å². The zero-order chi connectivity index (χ0) is 43.7. The molecule has 5 rings (SSSR count). The van der Waals surface area contributed by atoms with Gasteiger partial charge in [-0.05, 0) is 107 Å². The Morgan fingerprint density at radius 2 is 1.65 bits per heavy atom. The molecular formula is C40H48ClF3N8O8. The fourth-order valence-corrected chi connectivity index (χ4v) is 6.54. The van der Waals surface area contributed by atoms with Crippen LogP contribution in [0.5, 0.6) is 6.01 Å². The van der Waals surface area contributed by atoms with Crippen molar-refractivity contribution >= 4 is 58.8 Å². The van der Waals surface area contributed by atoms with E-state index in [1.165, 1.54) is 24.3 Å². The average molecular weight is 861 g/mol. The first-order valence-corrected chi connectivity index (χ1v) is 19.7. The van der Waals surface area contributed by atoms with E-state index in [0.717, 1.165) is 25.5 Å². The Labute approximate surface area is 349 Å². The van der Waals surface area contributed by atoms with Crippen LogP contribution in [0.1, 0.15) is 81.6 Å². The van der Waals surface area contributed by atoms with Gasteiger partial charge in [-0.25, -0.2) is 9.59 Å². The molecule has 16 nitrogen and oxygen atoms in total. The highest BCUT2D eigenvalue weighted by atomic mass is 35.5. The van der Waals surface area contributed by atoms with Crippen LogP contribution in [-0.2, 0) is 29.4 Å². The maximum absolute atomic E-state index is 13.2. The van der Waals surface area contributed by atoms with Gasteiger partial charge in [0, 0.05) is 42.3 Å². The summed E-state index contributed by atoms with van der Waals surface area (Å²) in [5, 5.41) is 11.7. The van der Waals surface area contributed by atoms with Crippen molar-refractivity contribution in [2.45, 2.75) is 89.1 Å². The van der Waals surface area contributed by atoms with Gasteiger partial charge in [0.2, 0.25) is 17.7 Å². The Kier molecular flexibility index (Phi) is 14.8. The Morgan fingerprint density at radius 3 is 2.28 bits per heavy atom. The van der Waals surface area contributed by atoms with Crippen molar-refractivity contribution in [3.8, 4) is 6.01 Å². The van der Waals surface area contributed by atoms with Crippen molar-refractivity contribution in [1.82, 2.24) is 30.5 Å². The maximum Gasteiger partial charge on any atom is 0.422 e. The van der Waals surface area contributed by atoms with E-state index in [-0.39, 0.29) is 42.8 Å². The molecule has 2 fully saturated rings. The summed E-state index contributed by atoms with van der Waals surface area (Å²) in [5.74, 6) is -3.04. The van der Waals surface area contributed by atoms with Crippen LogP contribution < -0.4 is 26.0 Å². The molecule has 1 saturated carbocycles. The predicted octanol–water partition coefficient (Wildman–Crippen LogP) is 6.09. The maximum atomic E-state index is 13.2. The molecule has 20 heteroatoms. The number of Topliss-reactive ketones (excluding diaryl/α,β-unsaturated/α-hetero) is 1. The number of halogens is 4. The quantitative estimate of drug-likeness (QED) is 0.0899. The lowest BCUT2D eigenvalue weighted by molar-refractivity contribution is -0.154. The van der Waals surface area contributed by atoms with Gasteiger partial charge in [0.25, 0.3) is 11.8 Å². The van der Waals surface area contributed by atoms with Crippen molar-refractivity contribution in [3.05, 3.63) is 64.7 Å². The van der Waals surface area contributed by atoms with E-state index >= 15 is 0 Å². The molecule has 2 aromatic carbocycles. The number of methoxy groups -OCH3 is 1. The minimum Gasteiger partial charge on any atom is -0.467 e. The molecule has 0 spiro atoms. The van der Waals surface area contributed by atoms with Gasteiger partial charge in [0.15, 0.2) is 6.61 Å². The number of nitrogens with zero attached hydrogens (tertiary/aromatic N) is 4. The molecule has 3 aromatic rings. The van der Waals surface area contributed by atoms with Gasteiger partial charge in [-0.1, -0.05) is 23.7 Å². The van der Waals surface area contributed by atoms with E-state index in [1.807, 2.05) is 12.1 Å². The zero-order valence-corrected chi connectivity index (χ0v) is 34.4. The summed E-state index contributed by atoms with van der Waals surface area (Å²) in [6, 6.07) is 11.2. The third kappa shape index (κ3) is 13.7. The monoisotopic (exact) mass is 860 g/mol. The molecule has 2 atom stereocenters. The Hall–Kier alpha value is -5.72. The molecule has 1 unspecified atom stereocenters. The molecule has 0 bridgehead atoms. The second kappa shape index (κ2) is 19.6. The van der Waals surface area contributed by atoms with Crippen molar-refractivity contribution in [2.24, 2.45) is 5.92 Å². The van der Waals surface area contributed by atoms with E-state index in [9.17, 15) is 37.1 Å². The van der Waals surface area contributed by atoms with Gasteiger partial charge in [-0.15, -0.1) is 0 Å². The number of alkyl halides is 3. The summed E-state index contributed by atoms with van der Waals surface area (Å²) in [4.78, 5) is 77.4. The number of likely N-dealkylation sites (tertiary alicyclic amines) is 1. The highest BCUT2D eigenvalue weighted by Crippen LogP contribution is 2.48. The molecule has 2 heterocycles. The average Bonchev–Trinajstić information content (AvgIpc) is 3.98. The number of carbonyl (C=O) groups is 5. The summed E-state index contributed by atoms with van der Waals surface area (Å²) < 4.78 is 54.1. The second-order valence-electron chi connectivity index (χ2n) is 15.6. The molecule has 1 aromatic heterocycles. The molecule has 3 amide bonds. The summed E-state index contributed by atoms with van der Waals surface area (Å²) >= 11 is 6.04. The summed E-state index contributed by atoms with van der Waals surface area (Å²) in [6.45, 7) is 4.61. The summed E-state index contributed by atoms with van der Waals surface area (Å²) in [6.07, 6.45) is -1.77. The molecule has 1 aliphatic heterocycles. The number of rotatable bonds is 17. The van der Waals surface area contributed by atoms with Crippen LogP contribution in [0.15, 0.2) is 48.5 Å². The number of amides is 3. The van der Waals surface area contributed by atoms with Crippen LogP contribution in [0.2, 0.25) is 5.02 Å². The van der Waals surface area contributed by atoms with Crippen molar-refractivity contribution in [3.63, 3.8) is 0 Å². The van der Waals surface area contributed by atoms with E-state index in [0.29, 0.717) is 43.1 Å². The third-order valence-electron chi connectivity index (χ3n) is 9.59. The van der Waals surface area contributed by atoms with Crippen LogP contribution in [0.25, 0.3) is 0 Å². The van der Waals surface area contributed by atoms with E-state index in [1.54, 1.807) is 37.8 Å². The number of esters is 1. The first kappa shape index (κ1) is 45.4. The van der Waals surface area contributed by atoms with Crippen LogP contribution >= 0.6 is 11.6 Å². The summed E-state index contributed by atoms with van der Waals surface area (Å²) in [5.41, 5.74) is 0.184. The second-order valence-corrected chi connectivity index (χ2v) is 16.0. The number of benzene rings is 2. The first-order valence-electron chi connectivity index (χ1n) is 19.4. The van der Waals surface area contributed by atoms with Gasteiger partial charge >= 0.3 is 24.2 Å². The number of piperidine rings is 1. The number of carbonyl (C=O) groups excluding carboxylic acids is 5. The van der Waals surface area contributed by atoms with Crippen LogP contribution in [-0.4, -0.2) is 101 Å². The molecule has 1 aliphatic carbocycles. The third-order valence-corrected chi connectivity index (χ3v) is 9.85. The lowest BCUT2D eigenvalue weighted by atomic mass is 9.92. The topological polar surface area (TPSA) is 203 Å². The van der Waals surface area contributed by atoms with Crippen LogP contribution in [0, 0.1) is 5.92 Å². The van der Waals surface area contributed by atoms with E-state index in [2.05, 4.69) is 36.2 Å². The smallest absolute Gasteiger partial charge is 0.422 e. The van der Waals surface area contributed by atoms with Crippen LogP contribution in [0.3, 0.4) is 0 Å². The normalized spacial score (nSPS) is 16.5. The van der Waals surface area contributed by atoms with Gasteiger partial charge in [0.05, 0.1) is 12.6 Å². The van der Waals surface area contributed by atoms with E-state index in [4.69, 9.17) is 25.8 Å².